The maximum absolute atomic E-state index is 9.71. The van der Waals surface area contributed by atoms with Crippen molar-refractivity contribution in [1.29, 1.82) is 0 Å². The lowest BCUT2D eigenvalue weighted by Crippen LogP contribution is -1.97. The van der Waals surface area contributed by atoms with Gasteiger partial charge >= 0.3 is 0 Å². The molecule has 2 aliphatic rings. The van der Waals surface area contributed by atoms with Crippen molar-refractivity contribution in [3.63, 3.8) is 0 Å². The highest BCUT2D eigenvalue weighted by atomic mass is 16.5. The SMILES string of the molecule is Oc1ccc2cc3ccccc3c-2n1O. The third-order valence-corrected chi connectivity index (χ3v) is 2.64. The Morgan fingerprint density at radius 1 is 1.00 bits per heavy atom. The van der Waals surface area contributed by atoms with E-state index >= 15 is 0 Å². The predicted molar refractivity (Wildman–Crippen MR) is 57.4 cm³/mol. The van der Waals surface area contributed by atoms with Crippen LogP contribution in [0.15, 0.2) is 42.5 Å². The van der Waals surface area contributed by atoms with E-state index in [2.05, 4.69) is 0 Å². The maximum Gasteiger partial charge on any atom is 0.225 e. The van der Waals surface area contributed by atoms with Gasteiger partial charge in [0, 0.05) is 17.0 Å². The highest BCUT2D eigenvalue weighted by Gasteiger charge is 2.14. The second-order valence-electron chi connectivity index (χ2n) is 3.54. The van der Waals surface area contributed by atoms with E-state index in [-0.39, 0.29) is 5.88 Å². The normalized spacial score (nSPS) is 11.2. The summed E-state index contributed by atoms with van der Waals surface area (Å²) in [7, 11) is 0. The van der Waals surface area contributed by atoms with Crippen LogP contribution in [0.4, 0.5) is 0 Å². The Hall–Kier alpha value is -2.16. The van der Waals surface area contributed by atoms with Crippen LogP contribution in [0.1, 0.15) is 0 Å². The van der Waals surface area contributed by atoms with E-state index in [9.17, 15) is 10.3 Å². The fourth-order valence-electron chi connectivity index (χ4n) is 1.94. The van der Waals surface area contributed by atoms with Gasteiger partial charge in [-0.3, -0.25) is 0 Å². The van der Waals surface area contributed by atoms with Gasteiger partial charge < -0.3 is 10.3 Å². The van der Waals surface area contributed by atoms with Gasteiger partial charge in [-0.1, -0.05) is 24.3 Å². The quantitative estimate of drug-likeness (QED) is 0.547. The average molecular weight is 199 g/mol. The minimum Gasteiger partial charge on any atom is -0.492 e. The largest absolute Gasteiger partial charge is 0.492 e. The van der Waals surface area contributed by atoms with Crippen molar-refractivity contribution in [1.82, 2.24) is 4.73 Å². The number of rotatable bonds is 0. The van der Waals surface area contributed by atoms with E-state index in [0.717, 1.165) is 21.1 Å². The van der Waals surface area contributed by atoms with Gasteiger partial charge in [0.2, 0.25) is 5.88 Å². The molecular formula is C12H9NO2. The van der Waals surface area contributed by atoms with E-state index in [0.29, 0.717) is 5.69 Å². The molecule has 0 fully saturated rings. The molecule has 0 amide bonds. The van der Waals surface area contributed by atoms with E-state index in [1.54, 1.807) is 6.07 Å². The molecule has 0 atom stereocenters. The molecule has 0 bridgehead atoms. The van der Waals surface area contributed by atoms with Gasteiger partial charge in [0.15, 0.2) is 0 Å². The molecule has 0 unspecified atom stereocenters. The van der Waals surface area contributed by atoms with Gasteiger partial charge in [-0.15, -0.1) is 0 Å². The molecule has 1 aromatic rings. The lowest BCUT2D eigenvalue weighted by atomic mass is 10.2. The number of benzene rings is 1. The number of hydrogen-bond acceptors (Lipinski definition) is 2. The summed E-state index contributed by atoms with van der Waals surface area (Å²) in [5.41, 5.74) is 1.56. The van der Waals surface area contributed by atoms with Gasteiger partial charge in [-0.25, -0.2) is 0 Å². The van der Waals surface area contributed by atoms with Crippen molar-refractivity contribution in [3.05, 3.63) is 42.5 Å². The van der Waals surface area contributed by atoms with E-state index in [1.807, 2.05) is 30.3 Å². The summed E-state index contributed by atoms with van der Waals surface area (Å²) >= 11 is 0. The Bertz CT molecular complexity index is 612. The van der Waals surface area contributed by atoms with E-state index in [4.69, 9.17) is 0 Å². The van der Waals surface area contributed by atoms with Crippen LogP contribution in [-0.4, -0.2) is 15.0 Å². The van der Waals surface area contributed by atoms with E-state index in [1.165, 1.54) is 6.07 Å². The summed E-state index contributed by atoms with van der Waals surface area (Å²) in [6.07, 6.45) is 0. The molecule has 1 aromatic carbocycles. The smallest absolute Gasteiger partial charge is 0.225 e. The van der Waals surface area contributed by atoms with Crippen molar-refractivity contribution in [2.75, 3.05) is 0 Å². The van der Waals surface area contributed by atoms with Crippen LogP contribution in [0.2, 0.25) is 0 Å². The molecule has 3 heteroatoms. The van der Waals surface area contributed by atoms with Gasteiger partial charge in [0.25, 0.3) is 0 Å². The Morgan fingerprint density at radius 2 is 1.80 bits per heavy atom. The number of nitrogens with zero attached hydrogens (tertiary/aromatic N) is 1. The molecule has 3 rings (SSSR count). The van der Waals surface area contributed by atoms with Gasteiger partial charge in [-0.2, -0.15) is 4.73 Å². The molecule has 15 heavy (non-hydrogen) atoms. The lowest BCUT2D eigenvalue weighted by molar-refractivity contribution is 0.157. The summed E-state index contributed by atoms with van der Waals surface area (Å²) in [4.78, 5) is 0. The molecule has 1 heterocycles. The van der Waals surface area contributed by atoms with Crippen molar-refractivity contribution in [2.24, 2.45) is 0 Å². The molecule has 0 saturated heterocycles. The first-order valence-electron chi connectivity index (χ1n) is 4.69. The van der Waals surface area contributed by atoms with Crippen molar-refractivity contribution in [2.45, 2.75) is 0 Å². The van der Waals surface area contributed by atoms with Gasteiger partial charge in [0.05, 0.1) is 5.69 Å². The van der Waals surface area contributed by atoms with Crippen LogP contribution in [0, 0.1) is 0 Å². The Kier molecular flexibility index (Phi) is 1.45. The number of aromatic nitrogens is 1. The maximum atomic E-state index is 9.71. The summed E-state index contributed by atoms with van der Waals surface area (Å²) in [5, 5.41) is 21.1. The third-order valence-electron chi connectivity index (χ3n) is 2.64. The van der Waals surface area contributed by atoms with Crippen molar-refractivity contribution in [3.8, 4) is 17.1 Å². The van der Waals surface area contributed by atoms with Gasteiger partial charge in [0.1, 0.15) is 0 Å². The molecule has 3 nitrogen and oxygen atoms in total. The third kappa shape index (κ3) is 1.00. The summed E-state index contributed by atoms with van der Waals surface area (Å²) in [6, 6.07) is 13.0. The van der Waals surface area contributed by atoms with Crippen LogP contribution < -0.4 is 0 Å². The molecule has 0 spiro atoms. The number of hydrogen-bond donors (Lipinski definition) is 2. The van der Waals surface area contributed by atoms with Gasteiger partial charge in [-0.05, 0) is 17.5 Å². The monoisotopic (exact) mass is 199 g/mol. The summed E-state index contributed by atoms with van der Waals surface area (Å²) in [6.45, 7) is 0. The zero-order valence-electron chi connectivity index (χ0n) is 7.88. The molecule has 0 radical (unpaired) electrons. The Morgan fingerprint density at radius 3 is 2.67 bits per heavy atom. The molecule has 74 valence electrons. The Balaban J connectivity index is 2.56. The zero-order chi connectivity index (χ0) is 10.4. The van der Waals surface area contributed by atoms with Crippen LogP contribution in [-0.2, 0) is 0 Å². The highest BCUT2D eigenvalue weighted by molar-refractivity contribution is 6.00. The molecule has 2 N–H and O–H groups in total. The second kappa shape index (κ2) is 2.67. The zero-order valence-corrected chi connectivity index (χ0v) is 7.88. The summed E-state index contributed by atoms with van der Waals surface area (Å²) < 4.78 is 0.817. The highest BCUT2D eigenvalue weighted by Crippen LogP contribution is 2.35. The standard InChI is InChI=1S/C12H9NO2/c14-11-6-5-9-7-8-3-1-2-4-10(8)12(9)13(11)15/h1-7,14-15H. The van der Waals surface area contributed by atoms with Crippen LogP contribution in [0.3, 0.4) is 0 Å². The first-order chi connectivity index (χ1) is 7.27. The molecular weight excluding hydrogens is 190 g/mol. The fourth-order valence-corrected chi connectivity index (χ4v) is 1.94. The molecule has 1 aliphatic heterocycles. The topological polar surface area (TPSA) is 45.4 Å². The molecule has 0 saturated carbocycles. The lowest BCUT2D eigenvalue weighted by Gasteiger charge is -2.07. The first-order valence-corrected chi connectivity index (χ1v) is 4.69. The van der Waals surface area contributed by atoms with Crippen LogP contribution in [0.25, 0.3) is 22.0 Å². The second-order valence-corrected chi connectivity index (χ2v) is 3.54. The van der Waals surface area contributed by atoms with E-state index < -0.39 is 0 Å². The number of fused-ring (bicyclic) bond motifs is 3. The van der Waals surface area contributed by atoms with Crippen molar-refractivity contribution >= 4 is 10.8 Å². The Labute approximate surface area is 86.1 Å². The minimum absolute atomic E-state index is 0.154. The van der Waals surface area contributed by atoms with Crippen molar-refractivity contribution < 1.29 is 10.3 Å². The van der Waals surface area contributed by atoms with Crippen LogP contribution >= 0.6 is 0 Å². The predicted octanol–water partition coefficient (Wildman–Crippen LogP) is 2.69. The minimum atomic E-state index is -0.154. The number of aromatic hydroxyl groups is 1. The molecule has 0 aromatic heterocycles. The number of pyridine rings is 1. The average Bonchev–Trinajstić information content (AvgIpc) is 2.62. The fraction of sp³-hybridized carbons (Fsp3) is 0. The summed E-state index contributed by atoms with van der Waals surface area (Å²) in [5.74, 6) is -0.154. The first kappa shape index (κ1) is 8.17. The van der Waals surface area contributed by atoms with Crippen LogP contribution in [0.5, 0.6) is 5.88 Å². The molecule has 1 aliphatic carbocycles.